The van der Waals surface area contributed by atoms with Crippen LogP contribution in [0.4, 0.5) is 5.95 Å². The van der Waals surface area contributed by atoms with Gasteiger partial charge in [0, 0.05) is 5.56 Å². The number of hydrogen-bond donors (Lipinski definition) is 2. The van der Waals surface area contributed by atoms with Gasteiger partial charge < -0.3 is 5.73 Å². The van der Waals surface area contributed by atoms with Crippen LogP contribution in [-0.2, 0) is 0 Å². The minimum Gasteiger partial charge on any atom is -0.368 e. The van der Waals surface area contributed by atoms with Gasteiger partial charge in [-0.15, -0.1) is 0 Å². The Balaban J connectivity index is 2.67. The zero-order valence-corrected chi connectivity index (χ0v) is 9.38. The van der Waals surface area contributed by atoms with E-state index in [0.29, 0.717) is 15.6 Å². The van der Waals surface area contributed by atoms with E-state index in [-0.39, 0.29) is 11.8 Å². The second-order valence-corrected chi connectivity index (χ2v) is 3.75. The fourth-order valence-electron chi connectivity index (χ4n) is 1.22. The first-order valence-electron chi connectivity index (χ1n) is 4.26. The topological polar surface area (TPSA) is 84.7 Å². The quantitative estimate of drug-likeness (QED) is 0.814. The molecule has 0 bridgehead atoms. The number of nitrogens with zero attached hydrogens (tertiary/aromatic N) is 2. The Hall–Kier alpha value is -1.59. The van der Waals surface area contributed by atoms with E-state index in [9.17, 15) is 4.79 Å². The number of rotatable bonds is 1. The average Bonchev–Trinajstić information content (AvgIpc) is 2.20. The van der Waals surface area contributed by atoms with Crippen LogP contribution in [-0.4, -0.2) is 15.0 Å². The van der Waals surface area contributed by atoms with Crippen molar-refractivity contribution in [2.24, 2.45) is 0 Å². The summed E-state index contributed by atoms with van der Waals surface area (Å²) in [5.74, 6) is 0.125. The van der Waals surface area contributed by atoms with Crippen LogP contribution in [0.5, 0.6) is 0 Å². The van der Waals surface area contributed by atoms with Gasteiger partial charge in [0.25, 0.3) is 0 Å². The molecule has 1 heterocycles. The van der Waals surface area contributed by atoms with Gasteiger partial charge in [-0.05, 0) is 12.1 Å². The van der Waals surface area contributed by atoms with Crippen molar-refractivity contribution in [1.29, 1.82) is 0 Å². The smallest absolute Gasteiger partial charge is 0.349 e. The molecule has 0 saturated carbocycles. The maximum absolute atomic E-state index is 11.1. The predicted molar refractivity (Wildman–Crippen MR) is 62.5 cm³/mol. The van der Waals surface area contributed by atoms with Gasteiger partial charge in [0.05, 0.1) is 10.0 Å². The van der Waals surface area contributed by atoms with Crippen molar-refractivity contribution in [3.05, 3.63) is 38.7 Å². The van der Waals surface area contributed by atoms with Crippen molar-refractivity contribution < 1.29 is 0 Å². The molecule has 82 valence electrons. The van der Waals surface area contributed by atoms with Crippen LogP contribution >= 0.6 is 23.2 Å². The minimum atomic E-state index is -0.585. The summed E-state index contributed by atoms with van der Waals surface area (Å²) in [6, 6.07) is 5.00. The van der Waals surface area contributed by atoms with Gasteiger partial charge in [0.1, 0.15) is 5.82 Å². The van der Waals surface area contributed by atoms with E-state index in [1.165, 1.54) is 0 Å². The van der Waals surface area contributed by atoms with Crippen molar-refractivity contribution in [3.63, 3.8) is 0 Å². The zero-order valence-electron chi connectivity index (χ0n) is 7.87. The molecule has 0 spiro atoms. The number of nitrogen functional groups attached to an aromatic ring is 1. The van der Waals surface area contributed by atoms with Gasteiger partial charge in [-0.25, -0.2) is 4.79 Å². The molecule has 5 nitrogen and oxygen atoms in total. The summed E-state index contributed by atoms with van der Waals surface area (Å²) in [4.78, 5) is 20.8. The number of anilines is 1. The van der Waals surface area contributed by atoms with E-state index in [0.717, 1.165) is 0 Å². The number of nitrogens with two attached hydrogens (primary N) is 1. The van der Waals surface area contributed by atoms with Gasteiger partial charge in [-0.1, -0.05) is 29.3 Å². The summed E-state index contributed by atoms with van der Waals surface area (Å²) in [5.41, 5.74) is 5.28. The van der Waals surface area contributed by atoms with Gasteiger partial charge in [0.2, 0.25) is 5.95 Å². The number of benzene rings is 1. The summed E-state index contributed by atoms with van der Waals surface area (Å²) >= 11 is 11.8. The van der Waals surface area contributed by atoms with Crippen molar-refractivity contribution in [2.45, 2.75) is 0 Å². The standard InChI is InChI=1S/C9H6Cl2N4O/c10-5-3-1-2-4(6(5)11)7-13-8(12)15-9(16)14-7/h1-3H,(H3,12,13,14,15,16). The molecule has 3 N–H and O–H groups in total. The highest BCUT2D eigenvalue weighted by Crippen LogP contribution is 2.31. The Morgan fingerprint density at radius 2 is 2.00 bits per heavy atom. The Kier molecular flexibility index (Phi) is 2.80. The fourth-order valence-corrected chi connectivity index (χ4v) is 1.61. The van der Waals surface area contributed by atoms with Crippen LogP contribution in [0.25, 0.3) is 11.4 Å². The number of aromatic amines is 1. The maximum Gasteiger partial charge on any atom is 0.349 e. The lowest BCUT2D eigenvalue weighted by Gasteiger charge is -2.04. The normalized spacial score (nSPS) is 10.4. The minimum absolute atomic E-state index is 0.116. The Labute approximate surface area is 100 Å². The number of hydrogen-bond acceptors (Lipinski definition) is 4. The molecule has 1 aromatic carbocycles. The molecule has 0 atom stereocenters. The number of halogens is 2. The summed E-state index contributed by atoms with van der Waals surface area (Å²) in [6.07, 6.45) is 0. The Morgan fingerprint density at radius 1 is 1.25 bits per heavy atom. The van der Waals surface area contributed by atoms with Crippen molar-refractivity contribution in [1.82, 2.24) is 15.0 Å². The summed E-state index contributed by atoms with van der Waals surface area (Å²) < 4.78 is 0. The number of nitrogens with one attached hydrogen (secondary N) is 1. The molecule has 2 aromatic rings. The maximum atomic E-state index is 11.1. The van der Waals surface area contributed by atoms with E-state index in [2.05, 4.69) is 15.0 Å². The largest absolute Gasteiger partial charge is 0.368 e. The predicted octanol–water partition coefficient (Wildman–Crippen LogP) is 1.72. The monoisotopic (exact) mass is 256 g/mol. The van der Waals surface area contributed by atoms with Crippen molar-refractivity contribution in [2.75, 3.05) is 5.73 Å². The first-order chi connectivity index (χ1) is 7.58. The van der Waals surface area contributed by atoms with Crippen LogP contribution in [0, 0.1) is 0 Å². The van der Waals surface area contributed by atoms with Gasteiger partial charge >= 0.3 is 5.69 Å². The zero-order chi connectivity index (χ0) is 11.7. The van der Waals surface area contributed by atoms with Crippen LogP contribution in [0.2, 0.25) is 10.0 Å². The van der Waals surface area contributed by atoms with Gasteiger partial charge in [0.15, 0.2) is 0 Å². The molecule has 0 aliphatic rings. The van der Waals surface area contributed by atoms with E-state index >= 15 is 0 Å². The highest BCUT2D eigenvalue weighted by atomic mass is 35.5. The third kappa shape index (κ3) is 2.00. The van der Waals surface area contributed by atoms with E-state index in [1.807, 2.05) is 0 Å². The molecule has 0 radical (unpaired) electrons. The lowest BCUT2D eigenvalue weighted by molar-refractivity contribution is 1.01. The molecule has 0 aliphatic carbocycles. The van der Waals surface area contributed by atoms with Gasteiger partial charge in [-0.2, -0.15) is 9.97 Å². The van der Waals surface area contributed by atoms with Crippen LogP contribution in [0.1, 0.15) is 0 Å². The number of aromatic nitrogens is 3. The molecule has 0 aliphatic heterocycles. The summed E-state index contributed by atoms with van der Waals surface area (Å²) in [6.45, 7) is 0. The molecule has 0 amide bonds. The van der Waals surface area contributed by atoms with Crippen LogP contribution < -0.4 is 11.4 Å². The van der Waals surface area contributed by atoms with Crippen LogP contribution in [0.15, 0.2) is 23.0 Å². The molecule has 2 rings (SSSR count). The van der Waals surface area contributed by atoms with E-state index < -0.39 is 5.69 Å². The van der Waals surface area contributed by atoms with E-state index in [4.69, 9.17) is 28.9 Å². The first-order valence-corrected chi connectivity index (χ1v) is 5.02. The van der Waals surface area contributed by atoms with Crippen molar-refractivity contribution in [3.8, 4) is 11.4 Å². The molecule has 0 saturated heterocycles. The Morgan fingerprint density at radius 3 is 2.69 bits per heavy atom. The second-order valence-electron chi connectivity index (χ2n) is 2.96. The second kappa shape index (κ2) is 4.11. The van der Waals surface area contributed by atoms with Crippen LogP contribution in [0.3, 0.4) is 0 Å². The summed E-state index contributed by atoms with van der Waals surface area (Å²) in [7, 11) is 0. The third-order valence-electron chi connectivity index (χ3n) is 1.87. The third-order valence-corrected chi connectivity index (χ3v) is 2.69. The first kappa shape index (κ1) is 10.9. The summed E-state index contributed by atoms with van der Waals surface area (Å²) in [5, 5.41) is 0.676. The average molecular weight is 257 g/mol. The SMILES string of the molecule is Nc1nc(-c2cccc(Cl)c2Cl)[nH]c(=O)n1. The molecular formula is C9H6Cl2N4O. The lowest BCUT2D eigenvalue weighted by atomic mass is 10.2. The molecule has 1 aromatic heterocycles. The molecule has 16 heavy (non-hydrogen) atoms. The molecule has 7 heteroatoms. The molecule has 0 fully saturated rings. The highest BCUT2D eigenvalue weighted by molar-refractivity contribution is 6.43. The number of H-pyrrole nitrogens is 1. The van der Waals surface area contributed by atoms with Gasteiger partial charge in [-0.3, -0.25) is 4.98 Å². The molecular weight excluding hydrogens is 251 g/mol. The lowest BCUT2D eigenvalue weighted by Crippen LogP contribution is -2.15. The van der Waals surface area contributed by atoms with Crippen molar-refractivity contribution >= 4 is 29.2 Å². The van der Waals surface area contributed by atoms with E-state index in [1.54, 1.807) is 18.2 Å². The Bertz CT molecular complexity index is 596. The molecule has 0 unspecified atom stereocenters. The fraction of sp³-hybridized carbons (Fsp3) is 0. The highest BCUT2D eigenvalue weighted by Gasteiger charge is 2.09.